The maximum Gasteiger partial charge on any atom is 0.312 e. The standard InChI is InChI=1S/C13H26O2S/c1-8-11(2,3)13(6,10(14)15-7)9-12(4,5)16/h16H,8-9H2,1-7H3. The number of esters is 1. The highest BCUT2D eigenvalue weighted by atomic mass is 32.1. The zero-order valence-corrected chi connectivity index (χ0v) is 12.6. The van der Waals surface area contributed by atoms with Gasteiger partial charge in [0, 0.05) is 4.75 Å². The van der Waals surface area contributed by atoms with Crippen molar-refractivity contribution in [2.24, 2.45) is 10.8 Å². The van der Waals surface area contributed by atoms with Gasteiger partial charge in [-0.15, -0.1) is 0 Å². The van der Waals surface area contributed by atoms with Crippen LogP contribution in [0.2, 0.25) is 0 Å². The van der Waals surface area contributed by atoms with Crippen molar-refractivity contribution in [3.63, 3.8) is 0 Å². The monoisotopic (exact) mass is 246 g/mol. The largest absolute Gasteiger partial charge is 0.469 e. The summed E-state index contributed by atoms with van der Waals surface area (Å²) >= 11 is 4.54. The van der Waals surface area contributed by atoms with Crippen LogP contribution in [0.3, 0.4) is 0 Å². The topological polar surface area (TPSA) is 26.3 Å². The molecule has 0 heterocycles. The smallest absolute Gasteiger partial charge is 0.312 e. The highest BCUT2D eigenvalue weighted by Gasteiger charge is 2.49. The second-order valence-electron chi connectivity index (χ2n) is 6.05. The lowest BCUT2D eigenvalue weighted by molar-refractivity contribution is -0.161. The van der Waals surface area contributed by atoms with E-state index in [4.69, 9.17) is 4.74 Å². The molecule has 0 aromatic heterocycles. The summed E-state index contributed by atoms with van der Waals surface area (Å²) in [7, 11) is 1.46. The molecule has 0 radical (unpaired) electrons. The van der Waals surface area contributed by atoms with Crippen LogP contribution in [0.25, 0.3) is 0 Å². The van der Waals surface area contributed by atoms with Crippen molar-refractivity contribution >= 4 is 18.6 Å². The zero-order chi connectivity index (χ0) is 13.2. The molecular formula is C13H26O2S. The number of carbonyl (C=O) groups excluding carboxylic acids is 1. The van der Waals surface area contributed by atoms with E-state index in [1.165, 1.54) is 7.11 Å². The number of rotatable bonds is 5. The number of hydrogen-bond donors (Lipinski definition) is 1. The molecular weight excluding hydrogens is 220 g/mol. The van der Waals surface area contributed by atoms with E-state index in [0.29, 0.717) is 6.42 Å². The molecule has 96 valence electrons. The van der Waals surface area contributed by atoms with Gasteiger partial charge in [-0.1, -0.05) is 34.6 Å². The van der Waals surface area contributed by atoms with E-state index >= 15 is 0 Å². The first kappa shape index (κ1) is 15.8. The Balaban J connectivity index is 5.29. The SMILES string of the molecule is CCC(C)(C)C(C)(CC(C)(C)S)C(=O)OC. The Morgan fingerprint density at radius 2 is 1.62 bits per heavy atom. The molecule has 3 heteroatoms. The molecule has 0 aromatic carbocycles. The molecule has 0 aliphatic carbocycles. The summed E-state index contributed by atoms with van der Waals surface area (Å²) in [6, 6.07) is 0. The Kier molecular flexibility index (Phi) is 4.93. The summed E-state index contributed by atoms with van der Waals surface area (Å²) in [6.07, 6.45) is 1.64. The van der Waals surface area contributed by atoms with Crippen molar-refractivity contribution in [1.29, 1.82) is 0 Å². The van der Waals surface area contributed by atoms with Crippen molar-refractivity contribution in [3.05, 3.63) is 0 Å². The Bertz CT molecular complexity index is 253. The van der Waals surface area contributed by atoms with Crippen LogP contribution in [0.4, 0.5) is 0 Å². The van der Waals surface area contributed by atoms with Crippen LogP contribution in [0.15, 0.2) is 0 Å². The fourth-order valence-electron chi connectivity index (χ4n) is 2.07. The maximum atomic E-state index is 12.1. The van der Waals surface area contributed by atoms with E-state index in [1.807, 2.05) is 20.8 Å². The first-order valence-electron chi connectivity index (χ1n) is 5.81. The van der Waals surface area contributed by atoms with Crippen LogP contribution >= 0.6 is 12.6 Å². The van der Waals surface area contributed by atoms with Gasteiger partial charge in [0.15, 0.2) is 0 Å². The molecule has 0 rings (SSSR count). The summed E-state index contributed by atoms with van der Waals surface area (Å²) < 4.78 is 4.79. The molecule has 1 unspecified atom stereocenters. The van der Waals surface area contributed by atoms with E-state index in [2.05, 4.69) is 33.4 Å². The zero-order valence-electron chi connectivity index (χ0n) is 11.7. The van der Waals surface area contributed by atoms with Gasteiger partial charge < -0.3 is 4.74 Å². The van der Waals surface area contributed by atoms with Crippen LogP contribution in [0.1, 0.15) is 54.4 Å². The summed E-state index contributed by atoms with van der Waals surface area (Å²) in [5.74, 6) is -0.138. The van der Waals surface area contributed by atoms with E-state index < -0.39 is 5.41 Å². The first-order valence-corrected chi connectivity index (χ1v) is 6.26. The second kappa shape index (κ2) is 4.99. The summed E-state index contributed by atoms with van der Waals surface area (Å²) in [5.41, 5.74) is -0.595. The third kappa shape index (κ3) is 3.41. The van der Waals surface area contributed by atoms with Gasteiger partial charge in [-0.2, -0.15) is 12.6 Å². The van der Waals surface area contributed by atoms with Crippen LogP contribution in [-0.2, 0) is 9.53 Å². The Morgan fingerprint density at radius 3 is 1.88 bits per heavy atom. The van der Waals surface area contributed by atoms with Crippen LogP contribution in [0, 0.1) is 10.8 Å². The molecule has 2 nitrogen and oxygen atoms in total. The predicted octanol–water partition coefficient (Wildman–Crippen LogP) is 3.70. The van der Waals surface area contributed by atoms with E-state index in [9.17, 15) is 4.79 Å². The molecule has 0 fully saturated rings. The lowest BCUT2D eigenvalue weighted by Crippen LogP contribution is -2.46. The van der Waals surface area contributed by atoms with Gasteiger partial charge in [-0.05, 0) is 25.2 Å². The van der Waals surface area contributed by atoms with Crippen LogP contribution in [-0.4, -0.2) is 17.8 Å². The van der Waals surface area contributed by atoms with Crippen molar-refractivity contribution < 1.29 is 9.53 Å². The van der Waals surface area contributed by atoms with Gasteiger partial charge in [0.1, 0.15) is 0 Å². The quantitative estimate of drug-likeness (QED) is 0.591. The average molecular weight is 246 g/mol. The summed E-state index contributed by atoms with van der Waals surface area (Å²) in [4.78, 5) is 12.1. The highest BCUT2D eigenvalue weighted by molar-refractivity contribution is 7.81. The van der Waals surface area contributed by atoms with Gasteiger partial charge in [-0.25, -0.2) is 0 Å². The van der Waals surface area contributed by atoms with Crippen LogP contribution < -0.4 is 0 Å². The highest BCUT2D eigenvalue weighted by Crippen LogP contribution is 2.48. The maximum absolute atomic E-state index is 12.1. The number of thiol groups is 1. The summed E-state index contributed by atoms with van der Waals surface area (Å²) in [6.45, 7) is 12.4. The minimum atomic E-state index is -0.498. The van der Waals surface area contributed by atoms with Crippen molar-refractivity contribution in [1.82, 2.24) is 0 Å². The fraction of sp³-hybridized carbons (Fsp3) is 0.923. The predicted molar refractivity (Wildman–Crippen MR) is 71.9 cm³/mol. The van der Waals surface area contributed by atoms with Crippen molar-refractivity contribution in [2.75, 3.05) is 7.11 Å². The normalized spacial score (nSPS) is 16.8. The molecule has 0 saturated carbocycles. The van der Waals surface area contributed by atoms with E-state index in [0.717, 1.165) is 6.42 Å². The molecule has 16 heavy (non-hydrogen) atoms. The molecule has 0 saturated heterocycles. The third-order valence-corrected chi connectivity index (χ3v) is 3.96. The second-order valence-corrected chi connectivity index (χ2v) is 7.26. The molecule has 0 aliphatic heterocycles. The fourth-order valence-corrected chi connectivity index (χ4v) is 2.38. The van der Waals surface area contributed by atoms with Gasteiger partial charge in [0.05, 0.1) is 12.5 Å². The Hall–Kier alpha value is -0.180. The Morgan fingerprint density at radius 1 is 1.19 bits per heavy atom. The molecule has 0 N–H and O–H groups in total. The lowest BCUT2D eigenvalue weighted by Gasteiger charge is -2.44. The lowest BCUT2D eigenvalue weighted by atomic mass is 9.61. The number of methoxy groups -OCH3 is 1. The average Bonchev–Trinajstić information content (AvgIpc) is 2.13. The molecule has 0 aliphatic rings. The molecule has 0 amide bonds. The van der Waals surface area contributed by atoms with Crippen molar-refractivity contribution in [3.8, 4) is 0 Å². The van der Waals surface area contributed by atoms with Gasteiger partial charge in [0.25, 0.3) is 0 Å². The molecule has 0 aromatic rings. The minimum absolute atomic E-state index is 0.0971. The summed E-state index contributed by atoms with van der Waals surface area (Å²) in [5, 5.41) is 0. The molecule has 0 bridgehead atoms. The molecule has 0 spiro atoms. The van der Waals surface area contributed by atoms with E-state index in [-0.39, 0.29) is 16.1 Å². The van der Waals surface area contributed by atoms with Gasteiger partial charge >= 0.3 is 5.97 Å². The van der Waals surface area contributed by atoms with Crippen molar-refractivity contribution in [2.45, 2.75) is 59.1 Å². The van der Waals surface area contributed by atoms with Gasteiger partial charge in [0.2, 0.25) is 0 Å². The first-order chi connectivity index (χ1) is 7.00. The molecule has 1 atom stereocenters. The number of hydrogen-bond acceptors (Lipinski definition) is 3. The number of ether oxygens (including phenoxy) is 1. The third-order valence-electron chi connectivity index (χ3n) is 3.80. The number of carbonyl (C=O) groups is 1. The van der Waals surface area contributed by atoms with E-state index in [1.54, 1.807) is 0 Å². The minimum Gasteiger partial charge on any atom is -0.469 e. The Labute approximate surface area is 106 Å². The van der Waals surface area contributed by atoms with Crippen LogP contribution in [0.5, 0.6) is 0 Å². The van der Waals surface area contributed by atoms with Gasteiger partial charge in [-0.3, -0.25) is 4.79 Å².